The number of hydrogen-bond donors (Lipinski definition) is 0. The molecule has 0 fully saturated rings. The summed E-state index contributed by atoms with van der Waals surface area (Å²) < 4.78 is 19.3. The van der Waals surface area contributed by atoms with Gasteiger partial charge in [-0.05, 0) is 36.8 Å². The second-order valence-electron chi connectivity index (χ2n) is 7.45. The van der Waals surface area contributed by atoms with Gasteiger partial charge < -0.3 is 18.8 Å². The Kier molecular flexibility index (Phi) is 7.47. The van der Waals surface area contributed by atoms with Gasteiger partial charge >= 0.3 is 11.9 Å². The highest BCUT2D eigenvalue weighted by Crippen LogP contribution is 2.36. The van der Waals surface area contributed by atoms with E-state index < -0.39 is 11.9 Å². The molecule has 0 saturated heterocycles. The normalized spacial score (nSPS) is 10.7. The summed E-state index contributed by atoms with van der Waals surface area (Å²) in [5, 5.41) is 5.04. The van der Waals surface area contributed by atoms with Gasteiger partial charge in [0.15, 0.2) is 5.69 Å². The fourth-order valence-corrected chi connectivity index (χ4v) is 3.78. The van der Waals surface area contributed by atoms with Crippen molar-refractivity contribution in [3.8, 4) is 22.7 Å². The van der Waals surface area contributed by atoms with Crippen LogP contribution in [0.1, 0.15) is 27.3 Å². The van der Waals surface area contributed by atoms with Crippen LogP contribution in [0.2, 0.25) is 5.02 Å². The van der Waals surface area contributed by atoms with Crippen LogP contribution in [-0.2, 0) is 16.0 Å². The standard InChI is InChI=1S/C25H23ClN4O5/c1-33-24(31)21-22(28-30(23(21)25(32)34-2)18-7-4-3-5-8-18)19-15-17(26)9-10-20(19)35-14-6-12-29-13-11-27-16-29/h3-5,7-11,13,15-16H,6,12,14H2,1-2H3. The minimum Gasteiger partial charge on any atom is -0.493 e. The number of aromatic nitrogens is 4. The minimum atomic E-state index is -0.742. The molecule has 0 amide bonds. The van der Waals surface area contributed by atoms with E-state index in [2.05, 4.69) is 10.1 Å². The molecule has 0 unspecified atom stereocenters. The zero-order chi connectivity index (χ0) is 24.8. The number of halogens is 1. The lowest BCUT2D eigenvalue weighted by molar-refractivity contribution is 0.0549. The van der Waals surface area contributed by atoms with Gasteiger partial charge in [-0.3, -0.25) is 0 Å². The quantitative estimate of drug-likeness (QED) is 0.251. The maximum Gasteiger partial charge on any atom is 0.357 e. The molecule has 10 heteroatoms. The van der Waals surface area contributed by atoms with Crippen molar-refractivity contribution in [2.75, 3.05) is 20.8 Å². The van der Waals surface area contributed by atoms with Crippen LogP contribution in [0.3, 0.4) is 0 Å². The molecule has 9 nitrogen and oxygen atoms in total. The Bertz CT molecular complexity index is 1320. The third kappa shape index (κ3) is 5.20. The number of esters is 2. The van der Waals surface area contributed by atoms with Crippen molar-refractivity contribution in [3.63, 3.8) is 0 Å². The first-order valence-corrected chi connectivity index (χ1v) is 11.1. The smallest absolute Gasteiger partial charge is 0.357 e. The molecule has 0 bridgehead atoms. The Morgan fingerprint density at radius 3 is 2.49 bits per heavy atom. The van der Waals surface area contributed by atoms with Gasteiger partial charge in [-0.15, -0.1) is 0 Å². The summed E-state index contributed by atoms with van der Waals surface area (Å²) in [6.45, 7) is 1.12. The number of rotatable bonds is 9. The summed E-state index contributed by atoms with van der Waals surface area (Å²) >= 11 is 6.31. The molecule has 4 aromatic rings. The Labute approximate surface area is 206 Å². The number of imidazole rings is 1. The lowest BCUT2D eigenvalue weighted by atomic mass is 10.0. The van der Waals surface area contributed by atoms with Gasteiger partial charge in [0.05, 0.1) is 32.8 Å². The molecule has 0 atom stereocenters. The van der Waals surface area contributed by atoms with E-state index in [1.165, 1.54) is 18.9 Å². The summed E-state index contributed by atoms with van der Waals surface area (Å²) in [7, 11) is 2.47. The molecule has 2 aromatic carbocycles. The Hall–Kier alpha value is -4.11. The first-order chi connectivity index (χ1) is 17.0. The molecule has 0 N–H and O–H groups in total. The van der Waals surface area contributed by atoms with E-state index >= 15 is 0 Å². The number of carbonyl (C=O) groups excluding carboxylic acids is 2. The van der Waals surface area contributed by atoms with Gasteiger partial charge in [0.1, 0.15) is 17.0 Å². The summed E-state index contributed by atoms with van der Waals surface area (Å²) in [4.78, 5) is 29.8. The third-order valence-corrected chi connectivity index (χ3v) is 5.46. The predicted octanol–water partition coefficient (Wildman–Crippen LogP) is 4.43. The SMILES string of the molecule is COC(=O)c1c(-c2cc(Cl)ccc2OCCCn2ccnc2)nn(-c2ccccc2)c1C(=O)OC. The van der Waals surface area contributed by atoms with Crippen molar-refractivity contribution < 1.29 is 23.8 Å². The lowest BCUT2D eigenvalue weighted by Crippen LogP contribution is -2.15. The maximum absolute atomic E-state index is 12.9. The average molecular weight is 495 g/mol. The number of benzene rings is 2. The van der Waals surface area contributed by atoms with E-state index in [0.717, 1.165) is 6.54 Å². The van der Waals surface area contributed by atoms with Gasteiger partial charge in [0.2, 0.25) is 0 Å². The van der Waals surface area contributed by atoms with Crippen LogP contribution in [0.4, 0.5) is 0 Å². The predicted molar refractivity (Wildman–Crippen MR) is 129 cm³/mol. The molecule has 0 aliphatic carbocycles. The fourth-order valence-electron chi connectivity index (χ4n) is 3.60. The summed E-state index contributed by atoms with van der Waals surface area (Å²) in [6.07, 6.45) is 6.05. The number of para-hydroxylation sites is 1. The van der Waals surface area contributed by atoms with E-state index in [4.69, 9.17) is 25.8 Å². The summed E-state index contributed by atoms with van der Waals surface area (Å²) in [5.41, 5.74) is 1.09. The van der Waals surface area contributed by atoms with Crippen LogP contribution >= 0.6 is 11.6 Å². The van der Waals surface area contributed by atoms with Gasteiger partial charge in [0, 0.05) is 29.5 Å². The van der Waals surface area contributed by atoms with Crippen LogP contribution in [0.15, 0.2) is 67.3 Å². The van der Waals surface area contributed by atoms with Crippen molar-refractivity contribution in [1.29, 1.82) is 0 Å². The minimum absolute atomic E-state index is 0.0475. The highest BCUT2D eigenvalue weighted by molar-refractivity contribution is 6.31. The number of nitrogens with zero attached hydrogens (tertiary/aromatic N) is 4. The van der Waals surface area contributed by atoms with Crippen LogP contribution in [0.25, 0.3) is 16.9 Å². The van der Waals surface area contributed by atoms with Gasteiger partial charge in [-0.2, -0.15) is 5.10 Å². The zero-order valence-electron chi connectivity index (χ0n) is 19.2. The van der Waals surface area contributed by atoms with Gasteiger partial charge in [0.25, 0.3) is 0 Å². The van der Waals surface area contributed by atoms with Gasteiger partial charge in [-0.1, -0.05) is 29.8 Å². The number of ether oxygens (including phenoxy) is 3. The monoisotopic (exact) mass is 494 g/mol. The number of aryl methyl sites for hydroxylation is 1. The Balaban J connectivity index is 1.79. The molecule has 4 rings (SSSR count). The van der Waals surface area contributed by atoms with E-state index in [0.29, 0.717) is 35.1 Å². The van der Waals surface area contributed by atoms with Crippen molar-refractivity contribution in [2.24, 2.45) is 0 Å². The molecule has 0 spiro atoms. The Morgan fingerprint density at radius 2 is 1.80 bits per heavy atom. The van der Waals surface area contributed by atoms with E-state index in [1.807, 2.05) is 16.8 Å². The van der Waals surface area contributed by atoms with Crippen LogP contribution < -0.4 is 4.74 Å². The second-order valence-corrected chi connectivity index (χ2v) is 7.88. The molecule has 0 radical (unpaired) electrons. The van der Waals surface area contributed by atoms with E-state index in [1.54, 1.807) is 55.0 Å². The molecule has 0 saturated carbocycles. The van der Waals surface area contributed by atoms with E-state index in [-0.39, 0.29) is 17.0 Å². The number of hydrogen-bond acceptors (Lipinski definition) is 7. The van der Waals surface area contributed by atoms with Crippen molar-refractivity contribution in [3.05, 3.63) is 83.5 Å². The molecule has 35 heavy (non-hydrogen) atoms. The molecule has 180 valence electrons. The lowest BCUT2D eigenvalue weighted by Gasteiger charge is -2.12. The molecular formula is C25H23ClN4O5. The molecule has 2 heterocycles. The molecule has 0 aliphatic heterocycles. The molecule has 0 aliphatic rings. The van der Waals surface area contributed by atoms with Crippen LogP contribution in [0, 0.1) is 0 Å². The first-order valence-electron chi connectivity index (χ1n) is 10.8. The second kappa shape index (κ2) is 10.9. The first kappa shape index (κ1) is 24.0. The number of carbonyl (C=O) groups is 2. The highest BCUT2D eigenvalue weighted by atomic mass is 35.5. The van der Waals surface area contributed by atoms with Crippen molar-refractivity contribution in [2.45, 2.75) is 13.0 Å². The zero-order valence-corrected chi connectivity index (χ0v) is 19.9. The van der Waals surface area contributed by atoms with Crippen molar-refractivity contribution >= 4 is 23.5 Å². The highest BCUT2D eigenvalue weighted by Gasteiger charge is 2.32. The van der Waals surface area contributed by atoms with Crippen molar-refractivity contribution in [1.82, 2.24) is 19.3 Å². The molecule has 2 aromatic heterocycles. The molecular weight excluding hydrogens is 472 g/mol. The van der Waals surface area contributed by atoms with E-state index in [9.17, 15) is 9.59 Å². The summed E-state index contributed by atoms with van der Waals surface area (Å²) in [6, 6.07) is 14.0. The number of methoxy groups -OCH3 is 2. The third-order valence-electron chi connectivity index (χ3n) is 5.23. The maximum atomic E-state index is 12.9. The van der Waals surface area contributed by atoms with Crippen LogP contribution in [0.5, 0.6) is 5.75 Å². The Morgan fingerprint density at radius 1 is 1.03 bits per heavy atom. The largest absolute Gasteiger partial charge is 0.493 e. The van der Waals surface area contributed by atoms with Crippen LogP contribution in [-0.4, -0.2) is 52.1 Å². The van der Waals surface area contributed by atoms with Gasteiger partial charge in [-0.25, -0.2) is 19.3 Å². The fraction of sp³-hybridized carbons (Fsp3) is 0.200. The summed E-state index contributed by atoms with van der Waals surface area (Å²) in [5.74, 6) is -1.02. The topological polar surface area (TPSA) is 97.5 Å². The average Bonchev–Trinajstić information content (AvgIpc) is 3.55.